The molecule has 3 heterocycles. The van der Waals surface area contributed by atoms with Crippen molar-refractivity contribution in [3.05, 3.63) is 39.3 Å². The maximum absolute atomic E-state index is 12.2. The van der Waals surface area contributed by atoms with E-state index in [1.54, 1.807) is 27.8 Å². The first-order valence-electron chi connectivity index (χ1n) is 7.30. The summed E-state index contributed by atoms with van der Waals surface area (Å²) in [7, 11) is 1.88. The number of nitrogens with zero attached hydrogens (tertiary/aromatic N) is 4. The molecule has 3 aromatic rings. The topological polar surface area (TPSA) is 72.7 Å². The van der Waals surface area contributed by atoms with Gasteiger partial charge in [-0.2, -0.15) is 5.10 Å². The van der Waals surface area contributed by atoms with Gasteiger partial charge in [-0.1, -0.05) is 29.2 Å². The van der Waals surface area contributed by atoms with Crippen LogP contribution in [-0.4, -0.2) is 25.9 Å². The Morgan fingerprint density at radius 3 is 2.88 bits per heavy atom. The maximum Gasteiger partial charge on any atom is 0.230 e. The quantitative estimate of drug-likeness (QED) is 0.525. The fourth-order valence-corrected chi connectivity index (χ4v) is 4.78. The molecule has 0 saturated carbocycles. The van der Waals surface area contributed by atoms with Gasteiger partial charge in [0.25, 0.3) is 0 Å². The molecule has 0 aromatic carbocycles. The number of anilines is 1. The Morgan fingerprint density at radius 1 is 1.38 bits per heavy atom. The number of hydrogen-bond acceptors (Lipinski definition) is 7. The van der Waals surface area contributed by atoms with Crippen LogP contribution in [-0.2, 0) is 24.0 Å². The summed E-state index contributed by atoms with van der Waals surface area (Å²) in [5.74, 6) is 0.772. The van der Waals surface area contributed by atoms with Crippen LogP contribution in [0, 0.1) is 13.8 Å². The summed E-state index contributed by atoms with van der Waals surface area (Å²) in [6, 6.07) is 4.13. The summed E-state index contributed by atoms with van der Waals surface area (Å²) >= 11 is 4.75. The van der Waals surface area contributed by atoms with E-state index in [1.807, 2.05) is 27.0 Å². The van der Waals surface area contributed by atoms with Gasteiger partial charge in [-0.05, 0) is 25.3 Å². The van der Waals surface area contributed by atoms with E-state index in [-0.39, 0.29) is 5.91 Å². The lowest BCUT2D eigenvalue weighted by Crippen LogP contribution is -2.15. The van der Waals surface area contributed by atoms with Gasteiger partial charge in [0.1, 0.15) is 0 Å². The molecule has 1 N–H and O–H groups in total. The van der Waals surface area contributed by atoms with Gasteiger partial charge in [-0.3, -0.25) is 9.48 Å². The van der Waals surface area contributed by atoms with E-state index in [4.69, 9.17) is 0 Å². The van der Waals surface area contributed by atoms with Crippen molar-refractivity contribution in [2.24, 2.45) is 7.05 Å². The number of amides is 1. The van der Waals surface area contributed by atoms with Crippen LogP contribution in [0.2, 0.25) is 0 Å². The molecule has 0 aliphatic carbocycles. The molecule has 0 bridgehead atoms. The van der Waals surface area contributed by atoms with Crippen LogP contribution in [0.5, 0.6) is 0 Å². The Kier molecular flexibility index (Phi) is 5.32. The van der Waals surface area contributed by atoms with Crippen molar-refractivity contribution in [3.63, 3.8) is 0 Å². The Labute approximate surface area is 152 Å². The number of thioether (sulfide) groups is 1. The lowest BCUT2D eigenvalue weighted by atomic mass is 10.1. The van der Waals surface area contributed by atoms with Gasteiger partial charge >= 0.3 is 0 Å². The molecule has 0 atom stereocenters. The molecule has 0 fully saturated rings. The van der Waals surface area contributed by atoms with Crippen LogP contribution in [0.3, 0.4) is 0 Å². The first-order chi connectivity index (χ1) is 11.5. The highest BCUT2D eigenvalue weighted by Crippen LogP contribution is 2.29. The zero-order chi connectivity index (χ0) is 17.1. The largest absolute Gasteiger partial charge is 0.300 e. The first-order valence-corrected chi connectivity index (χ1v) is 9.98. The van der Waals surface area contributed by atoms with Gasteiger partial charge in [0, 0.05) is 28.9 Å². The zero-order valence-electron chi connectivity index (χ0n) is 13.6. The van der Waals surface area contributed by atoms with Gasteiger partial charge in [-0.25, -0.2) is 0 Å². The molecule has 0 aliphatic heterocycles. The molecule has 1 amide bonds. The van der Waals surface area contributed by atoms with Gasteiger partial charge < -0.3 is 5.32 Å². The Hall–Kier alpha value is -1.71. The summed E-state index contributed by atoms with van der Waals surface area (Å²) in [4.78, 5) is 13.5. The summed E-state index contributed by atoms with van der Waals surface area (Å²) in [6.07, 6.45) is 0.294. The highest BCUT2D eigenvalue weighted by molar-refractivity contribution is 8.00. The summed E-state index contributed by atoms with van der Waals surface area (Å²) in [6.45, 7) is 3.88. The second kappa shape index (κ2) is 7.45. The van der Waals surface area contributed by atoms with Gasteiger partial charge in [-0.15, -0.1) is 21.5 Å². The molecule has 0 spiro atoms. The SMILES string of the molecule is Cc1nn(C)c(C)c1CC(=O)Nc1nnc(SCc2cccs2)s1. The van der Waals surface area contributed by atoms with Crippen molar-refractivity contribution in [1.29, 1.82) is 0 Å². The van der Waals surface area contributed by atoms with Gasteiger partial charge in [0.15, 0.2) is 4.34 Å². The Balaban J connectivity index is 1.57. The molecule has 0 saturated heterocycles. The normalized spacial score (nSPS) is 11.0. The molecule has 0 aliphatic rings. The van der Waals surface area contributed by atoms with Crippen molar-refractivity contribution in [2.45, 2.75) is 30.4 Å². The Morgan fingerprint density at radius 2 is 2.21 bits per heavy atom. The maximum atomic E-state index is 12.2. The highest BCUT2D eigenvalue weighted by Gasteiger charge is 2.15. The van der Waals surface area contributed by atoms with Gasteiger partial charge in [0.05, 0.1) is 12.1 Å². The third-order valence-corrected chi connectivity index (χ3v) is 6.65. The summed E-state index contributed by atoms with van der Waals surface area (Å²) in [5.41, 5.74) is 2.86. The molecule has 0 unspecified atom stereocenters. The number of carbonyl (C=O) groups is 1. The van der Waals surface area contributed by atoms with E-state index in [0.717, 1.165) is 27.0 Å². The fourth-order valence-electron chi connectivity index (χ4n) is 2.24. The smallest absolute Gasteiger partial charge is 0.230 e. The molecule has 24 heavy (non-hydrogen) atoms. The van der Waals surface area contributed by atoms with Crippen molar-refractivity contribution in [3.8, 4) is 0 Å². The standard InChI is InChI=1S/C15H17N5OS3/c1-9-12(10(2)20(3)19-9)7-13(21)16-14-17-18-15(24-14)23-8-11-5-4-6-22-11/h4-6H,7-8H2,1-3H3,(H,16,17,21). The van der Waals surface area contributed by atoms with E-state index in [0.29, 0.717) is 11.6 Å². The number of rotatable bonds is 6. The molecule has 3 aromatic heterocycles. The number of nitrogens with one attached hydrogen (secondary N) is 1. The predicted octanol–water partition coefficient (Wildman–Crippen LogP) is 3.42. The molecular formula is C15H17N5OS3. The molecule has 126 valence electrons. The van der Waals surface area contributed by atoms with E-state index < -0.39 is 0 Å². The fraction of sp³-hybridized carbons (Fsp3) is 0.333. The number of aromatic nitrogens is 4. The van der Waals surface area contributed by atoms with Crippen molar-refractivity contribution in [2.75, 3.05) is 5.32 Å². The molecule has 0 radical (unpaired) electrons. The predicted molar refractivity (Wildman–Crippen MR) is 98.8 cm³/mol. The summed E-state index contributed by atoms with van der Waals surface area (Å²) < 4.78 is 2.65. The molecular weight excluding hydrogens is 362 g/mol. The molecule has 3 rings (SSSR count). The third kappa shape index (κ3) is 4.03. The van der Waals surface area contributed by atoms with E-state index in [9.17, 15) is 4.79 Å². The van der Waals surface area contributed by atoms with E-state index >= 15 is 0 Å². The summed E-state index contributed by atoms with van der Waals surface area (Å²) in [5, 5.41) is 17.9. The minimum absolute atomic E-state index is 0.0971. The average molecular weight is 380 g/mol. The molecule has 6 nitrogen and oxygen atoms in total. The number of aryl methyl sites for hydroxylation is 2. The average Bonchev–Trinajstić information content (AvgIpc) is 3.25. The van der Waals surface area contributed by atoms with Crippen molar-refractivity contribution < 1.29 is 4.79 Å². The lowest BCUT2D eigenvalue weighted by Gasteiger charge is -2.02. The second-order valence-corrected chi connectivity index (χ2v) is 8.47. The first kappa shape index (κ1) is 17.1. The van der Waals surface area contributed by atoms with E-state index in [1.165, 1.54) is 16.2 Å². The number of carbonyl (C=O) groups excluding carboxylic acids is 1. The van der Waals surface area contributed by atoms with Crippen LogP contribution < -0.4 is 5.32 Å². The third-order valence-electron chi connectivity index (χ3n) is 3.57. The van der Waals surface area contributed by atoms with Crippen LogP contribution in [0.4, 0.5) is 5.13 Å². The minimum Gasteiger partial charge on any atom is -0.300 e. The lowest BCUT2D eigenvalue weighted by molar-refractivity contribution is -0.115. The monoisotopic (exact) mass is 379 g/mol. The second-order valence-electron chi connectivity index (χ2n) is 5.24. The van der Waals surface area contributed by atoms with Crippen LogP contribution in [0.15, 0.2) is 21.9 Å². The minimum atomic E-state index is -0.0971. The Bertz CT molecular complexity index is 838. The van der Waals surface area contributed by atoms with Crippen molar-refractivity contribution in [1.82, 2.24) is 20.0 Å². The zero-order valence-corrected chi connectivity index (χ0v) is 16.0. The number of thiophene rings is 1. The van der Waals surface area contributed by atoms with E-state index in [2.05, 4.69) is 32.1 Å². The number of hydrogen-bond donors (Lipinski definition) is 1. The molecule has 9 heteroatoms. The van der Waals surface area contributed by atoms with Gasteiger partial charge in [0.2, 0.25) is 11.0 Å². The van der Waals surface area contributed by atoms with Crippen LogP contribution in [0.1, 0.15) is 21.8 Å². The van der Waals surface area contributed by atoms with Crippen LogP contribution in [0.25, 0.3) is 0 Å². The highest BCUT2D eigenvalue weighted by atomic mass is 32.2. The van der Waals surface area contributed by atoms with Crippen molar-refractivity contribution >= 4 is 45.5 Å². The van der Waals surface area contributed by atoms with Crippen LogP contribution >= 0.6 is 34.4 Å².